The Morgan fingerprint density at radius 2 is 1.85 bits per heavy atom. The molecule has 2 heterocycles. The lowest BCUT2D eigenvalue weighted by Crippen LogP contribution is -2.35. The summed E-state index contributed by atoms with van der Waals surface area (Å²) >= 11 is 5.83. The van der Waals surface area contributed by atoms with Gasteiger partial charge in [-0.2, -0.15) is 0 Å². The molecule has 1 aromatic heterocycles. The molecule has 1 aromatic carbocycles. The molecule has 4 rings (SSSR count). The molecule has 1 saturated heterocycles. The molecule has 4 nitrogen and oxygen atoms in total. The number of hydrogen-bond donors (Lipinski definition) is 1. The number of piperidine rings is 1. The monoisotopic (exact) mass is 415 g/mol. The third-order valence-corrected chi connectivity index (χ3v) is 6.55. The van der Waals surface area contributed by atoms with Crippen molar-refractivity contribution in [3.05, 3.63) is 28.7 Å². The minimum atomic E-state index is -0.409. The molecule has 7 heteroatoms. The van der Waals surface area contributed by atoms with Crippen molar-refractivity contribution >= 4 is 35.0 Å². The van der Waals surface area contributed by atoms with Crippen molar-refractivity contribution in [2.75, 3.05) is 19.6 Å². The van der Waals surface area contributed by atoms with Crippen LogP contribution < -0.4 is 5.73 Å². The molecule has 1 saturated carbocycles. The van der Waals surface area contributed by atoms with Crippen LogP contribution in [0.15, 0.2) is 16.7 Å². The van der Waals surface area contributed by atoms with E-state index in [2.05, 4.69) is 10.1 Å². The van der Waals surface area contributed by atoms with Crippen LogP contribution in [-0.4, -0.2) is 35.7 Å². The maximum absolute atomic E-state index is 13.8. The van der Waals surface area contributed by atoms with Crippen molar-refractivity contribution in [1.82, 2.24) is 10.1 Å². The largest absolute Gasteiger partial charge is 0.356 e. The summed E-state index contributed by atoms with van der Waals surface area (Å²) in [6.07, 6.45) is 8.32. The van der Waals surface area contributed by atoms with Gasteiger partial charge >= 0.3 is 0 Å². The third-order valence-electron chi connectivity index (χ3n) is 6.26. The van der Waals surface area contributed by atoms with E-state index in [1.165, 1.54) is 50.8 Å². The van der Waals surface area contributed by atoms with Crippen LogP contribution in [0.25, 0.3) is 11.0 Å². The molecule has 150 valence electrons. The number of halogens is 3. The van der Waals surface area contributed by atoms with Crippen molar-refractivity contribution in [2.24, 2.45) is 11.7 Å². The molecular formula is C20H28Cl2FN3O. The molecule has 0 atom stereocenters. The fourth-order valence-electron chi connectivity index (χ4n) is 4.52. The van der Waals surface area contributed by atoms with Crippen LogP contribution in [-0.2, 0) is 0 Å². The molecule has 2 fully saturated rings. The van der Waals surface area contributed by atoms with E-state index in [1.807, 2.05) is 0 Å². The second-order valence-corrected chi connectivity index (χ2v) is 8.42. The minimum absolute atomic E-state index is 0. The van der Waals surface area contributed by atoms with Gasteiger partial charge in [-0.1, -0.05) is 16.8 Å². The Hall–Kier alpha value is -0.880. The zero-order valence-corrected chi connectivity index (χ0v) is 17.1. The van der Waals surface area contributed by atoms with Gasteiger partial charge in [-0.05, 0) is 76.6 Å². The van der Waals surface area contributed by atoms with Gasteiger partial charge in [-0.3, -0.25) is 0 Å². The number of aromatic nitrogens is 1. The highest BCUT2D eigenvalue weighted by Gasteiger charge is 2.26. The highest BCUT2D eigenvalue weighted by atomic mass is 35.5. The summed E-state index contributed by atoms with van der Waals surface area (Å²) < 4.78 is 19.2. The van der Waals surface area contributed by atoms with Gasteiger partial charge in [0.1, 0.15) is 5.82 Å². The topological polar surface area (TPSA) is 55.3 Å². The molecule has 2 aromatic rings. The summed E-state index contributed by atoms with van der Waals surface area (Å²) in [7, 11) is 0. The van der Waals surface area contributed by atoms with Crippen molar-refractivity contribution in [2.45, 2.75) is 56.9 Å². The lowest BCUT2D eigenvalue weighted by molar-refractivity contribution is 0.184. The predicted octanol–water partition coefficient (Wildman–Crippen LogP) is 5.13. The van der Waals surface area contributed by atoms with Crippen molar-refractivity contribution in [3.63, 3.8) is 0 Å². The van der Waals surface area contributed by atoms with Crippen molar-refractivity contribution in [1.29, 1.82) is 0 Å². The lowest BCUT2D eigenvalue weighted by Gasteiger charge is -2.33. The summed E-state index contributed by atoms with van der Waals surface area (Å²) in [5, 5.41) is 5.07. The number of hydrogen-bond acceptors (Lipinski definition) is 4. The average Bonchev–Trinajstić information content (AvgIpc) is 3.05. The minimum Gasteiger partial charge on any atom is -0.356 e. The summed E-state index contributed by atoms with van der Waals surface area (Å²) in [5.74, 6) is 0.772. The zero-order chi connectivity index (χ0) is 18.1. The molecule has 0 radical (unpaired) electrons. The maximum atomic E-state index is 13.8. The quantitative estimate of drug-likeness (QED) is 0.751. The van der Waals surface area contributed by atoms with E-state index in [-0.39, 0.29) is 17.4 Å². The van der Waals surface area contributed by atoms with E-state index in [0.29, 0.717) is 17.5 Å². The number of nitrogens with zero attached hydrogens (tertiary/aromatic N) is 2. The van der Waals surface area contributed by atoms with E-state index in [9.17, 15) is 4.39 Å². The molecule has 2 N–H and O–H groups in total. The Morgan fingerprint density at radius 3 is 2.56 bits per heavy atom. The van der Waals surface area contributed by atoms with Crippen LogP contribution >= 0.6 is 24.0 Å². The summed E-state index contributed by atoms with van der Waals surface area (Å²) in [6.45, 7) is 3.32. The Kier molecular flexibility index (Phi) is 7.01. The molecule has 0 bridgehead atoms. The Morgan fingerprint density at radius 1 is 1.15 bits per heavy atom. The van der Waals surface area contributed by atoms with Crippen LogP contribution in [0.5, 0.6) is 0 Å². The second kappa shape index (κ2) is 9.08. The van der Waals surface area contributed by atoms with Crippen molar-refractivity contribution < 1.29 is 8.91 Å². The predicted molar refractivity (Wildman–Crippen MR) is 109 cm³/mol. The molecule has 2 aliphatic rings. The first-order valence-corrected chi connectivity index (χ1v) is 10.2. The molecule has 27 heavy (non-hydrogen) atoms. The van der Waals surface area contributed by atoms with E-state index >= 15 is 0 Å². The number of likely N-dealkylation sites (tertiary alicyclic amines) is 1. The Bertz CT molecular complexity index is 753. The standard InChI is InChI=1S/C20H27ClFN3O.ClH/c21-17-12-19-16(11-18(17)22)20(24-26-19)14-6-9-25(10-7-14)8-5-13-1-3-15(23)4-2-13;/h11-15H,1-10,23H2;1H/t13-,15-;. The van der Waals surface area contributed by atoms with Gasteiger partial charge in [0.2, 0.25) is 0 Å². The van der Waals surface area contributed by atoms with Crippen LogP contribution in [0.1, 0.15) is 56.6 Å². The van der Waals surface area contributed by atoms with Crippen LogP contribution in [0.2, 0.25) is 5.02 Å². The van der Waals surface area contributed by atoms with Gasteiger partial charge in [0.25, 0.3) is 0 Å². The molecule has 1 aliphatic heterocycles. The van der Waals surface area contributed by atoms with Gasteiger partial charge in [0.15, 0.2) is 5.58 Å². The van der Waals surface area contributed by atoms with Gasteiger partial charge in [0, 0.05) is 23.4 Å². The molecule has 0 amide bonds. The van der Waals surface area contributed by atoms with Gasteiger partial charge in [0.05, 0.1) is 10.7 Å². The zero-order valence-electron chi connectivity index (χ0n) is 15.5. The smallest absolute Gasteiger partial charge is 0.168 e. The molecular weight excluding hydrogens is 388 g/mol. The highest BCUT2D eigenvalue weighted by Crippen LogP contribution is 2.35. The van der Waals surface area contributed by atoms with E-state index in [1.54, 1.807) is 0 Å². The first-order valence-electron chi connectivity index (χ1n) is 9.82. The number of rotatable bonds is 4. The van der Waals surface area contributed by atoms with E-state index in [0.717, 1.165) is 42.9 Å². The molecule has 0 unspecified atom stereocenters. The van der Waals surface area contributed by atoms with Crippen LogP contribution in [0, 0.1) is 11.7 Å². The summed E-state index contributed by atoms with van der Waals surface area (Å²) in [6, 6.07) is 3.41. The van der Waals surface area contributed by atoms with E-state index in [4.69, 9.17) is 21.9 Å². The third kappa shape index (κ3) is 4.76. The average molecular weight is 416 g/mol. The van der Waals surface area contributed by atoms with Crippen molar-refractivity contribution in [3.8, 4) is 0 Å². The Balaban J connectivity index is 0.00000210. The fraction of sp³-hybridized carbons (Fsp3) is 0.650. The Labute approximate surface area is 171 Å². The van der Waals surface area contributed by atoms with Gasteiger partial charge in [-0.25, -0.2) is 4.39 Å². The number of fused-ring (bicyclic) bond motifs is 1. The lowest BCUT2D eigenvalue weighted by atomic mass is 9.84. The second-order valence-electron chi connectivity index (χ2n) is 8.02. The highest BCUT2D eigenvalue weighted by molar-refractivity contribution is 6.31. The summed E-state index contributed by atoms with van der Waals surface area (Å²) in [5.41, 5.74) is 7.46. The first-order chi connectivity index (χ1) is 12.6. The molecule has 0 spiro atoms. The SMILES string of the molecule is Cl.N[C@H]1CC[C@H](CCN2CCC(c3noc4cc(Cl)c(F)cc34)CC2)CC1. The number of nitrogens with two attached hydrogens (primary N) is 1. The van der Waals surface area contributed by atoms with Crippen LogP contribution in [0.3, 0.4) is 0 Å². The maximum Gasteiger partial charge on any atom is 0.168 e. The fourth-order valence-corrected chi connectivity index (χ4v) is 4.67. The first kappa shape index (κ1) is 20.8. The van der Waals surface area contributed by atoms with Gasteiger partial charge < -0.3 is 15.2 Å². The van der Waals surface area contributed by atoms with Gasteiger partial charge in [-0.15, -0.1) is 12.4 Å². The number of benzene rings is 1. The molecule has 1 aliphatic carbocycles. The normalized spacial score (nSPS) is 24.9. The van der Waals surface area contributed by atoms with Crippen LogP contribution in [0.4, 0.5) is 4.39 Å². The summed E-state index contributed by atoms with van der Waals surface area (Å²) in [4.78, 5) is 2.56. The van der Waals surface area contributed by atoms with E-state index < -0.39 is 5.82 Å².